The van der Waals surface area contributed by atoms with Crippen molar-refractivity contribution >= 4 is 5.91 Å². The molecule has 0 radical (unpaired) electrons. The number of nitrogens with zero attached hydrogens (tertiary/aromatic N) is 1. The second kappa shape index (κ2) is 3.53. The van der Waals surface area contributed by atoms with Crippen LogP contribution >= 0.6 is 0 Å². The molecule has 1 aliphatic rings. The highest BCUT2D eigenvalue weighted by atomic mass is 16.3. The van der Waals surface area contributed by atoms with Gasteiger partial charge in [-0.1, -0.05) is 6.58 Å². The summed E-state index contributed by atoms with van der Waals surface area (Å²) in [7, 11) is 0. The molecule has 0 aromatic carbocycles. The quantitative estimate of drug-likeness (QED) is 0.645. The van der Waals surface area contributed by atoms with Crippen molar-refractivity contribution in [2.24, 2.45) is 0 Å². The fraction of sp³-hybridized carbons (Fsp3) is 0.625. The molecule has 11 heavy (non-hydrogen) atoms. The van der Waals surface area contributed by atoms with E-state index in [-0.39, 0.29) is 12.5 Å². The molecule has 0 aromatic rings. The van der Waals surface area contributed by atoms with Crippen LogP contribution in [0.15, 0.2) is 12.3 Å². The van der Waals surface area contributed by atoms with Crippen molar-refractivity contribution in [1.29, 1.82) is 0 Å². The summed E-state index contributed by atoms with van der Waals surface area (Å²) in [5.74, 6) is 0.142. The summed E-state index contributed by atoms with van der Waals surface area (Å²) in [6.45, 7) is 4.57. The second-order valence-corrected chi connectivity index (χ2v) is 2.69. The lowest BCUT2D eigenvalue weighted by molar-refractivity contribution is -0.126. The zero-order chi connectivity index (χ0) is 8.27. The molecule has 0 aromatic heterocycles. The number of hydrogen-bond donors (Lipinski definition) is 1. The predicted octanol–water partition coefficient (Wildman–Crippen LogP) is 0.505. The van der Waals surface area contributed by atoms with Crippen LogP contribution in [-0.2, 0) is 4.79 Å². The van der Waals surface area contributed by atoms with Gasteiger partial charge in [0.1, 0.15) is 0 Å². The van der Waals surface area contributed by atoms with Crippen molar-refractivity contribution in [2.45, 2.75) is 19.3 Å². The van der Waals surface area contributed by atoms with Gasteiger partial charge < -0.3 is 10.0 Å². The van der Waals surface area contributed by atoms with Gasteiger partial charge in [-0.25, -0.2) is 0 Å². The molecule has 3 nitrogen and oxygen atoms in total. The van der Waals surface area contributed by atoms with Gasteiger partial charge in [-0.3, -0.25) is 4.79 Å². The summed E-state index contributed by atoms with van der Waals surface area (Å²) in [4.78, 5) is 12.7. The molecule has 62 valence electrons. The van der Waals surface area contributed by atoms with Crippen molar-refractivity contribution in [3.05, 3.63) is 12.3 Å². The maximum absolute atomic E-state index is 11.1. The highest BCUT2D eigenvalue weighted by Crippen LogP contribution is 2.16. The Kier molecular flexibility index (Phi) is 2.65. The lowest BCUT2D eigenvalue weighted by atomic mass is 10.3. The van der Waals surface area contributed by atoms with E-state index in [0.717, 1.165) is 18.7 Å². The Morgan fingerprint density at radius 3 is 2.91 bits per heavy atom. The van der Waals surface area contributed by atoms with Gasteiger partial charge in [0.05, 0.1) is 0 Å². The van der Waals surface area contributed by atoms with Crippen molar-refractivity contribution in [1.82, 2.24) is 4.90 Å². The Labute approximate surface area is 66.3 Å². The summed E-state index contributed by atoms with van der Waals surface area (Å²) in [5.41, 5.74) is 0.745. The minimum absolute atomic E-state index is 0.0720. The number of likely N-dealkylation sites (tertiary alicyclic amines) is 1. The predicted molar refractivity (Wildman–Crippen MR) is 41.8 cm³/mol. The molecule has 1 amide bonds. The fourth-order valence-corrected chi connectivity index (χ4v) is 1.25. The molecule has 0 unspecified atom stereocenters. The van der Waals surface area contributed by atoms with Gasteiger partial charge >= 0.3 is 0 Å². The zero-order valence-electron chi connectivity index (χ0n) is 6.55. The largest absolute Gasteiger partial charge is 0.396 e. The van der Waals surface area contributed by atoms with E-state index >= 15 is 0 Å². The Bertz CT molecular complexity index is 177. The van der Waals surface area contributed by atoms with Crippen LogP contribution in [0.25, 0.3) is 0 Å². The molecule has 0 spiro atoms. The number of aliphatic hydroxyl groups is 1. The molecule has 1 fully saturated rings. The molecule has 1 saturated heterocycles. The molecule has 3 heteroatoms. The Balaban J connectivity index is 2.46. The highest BCUT2D eigenvalue weighted by molar-refractivity contribution is 5.79. The second-order valence-electron chi connectivity index (χ2n) is 2.69. The first-order chi connectivity index (χ1) is 5.25. The third-order valence-electron chi connectivity index (χ3n) is 1.86. The van der Waals surface area contributed by atoms with Crippen LogP contribution in [0.2, 0.25) is 0 Å². The smallest absolute Gasteiger partial charge is 0.226 e. The number of aliphatic hydroxyl groups excluding tert-OH is 1. The normalized spacial score (nSPS) is 17.5. The average molecular weight is 155 g/mol. The summed E-state index contributed by atoms with van der Waals surface area (Å²) >= 11 is 0. The molecular formula is C8H13NO2. The average Bonchev–Trinajstić information content (AvgIpc) is 2.36. The van der Waals surface area contributed by atoms with E-state index in [1.807, 2.05) is 0 Å². The summed E-state index contributed by atoms with van der Waals surface area (Å²) in [5, 5.41) is 8.58. The fourth-order valence-electron chi connectivity index (χ4n) is 1.25. The summed E-state index contributed by atoms with van der Waals surface area (Å²) in [6.07, 6.45) is 2.06. The van der Waals surface area contributed by atoms with E-state index in [1.165, 1.54) is 0 Å². The maximum Gasteiger partial charge on any atom is 0.226 e. The van der Waals surface area contributed by atoms with Gasteiger partial charge in [0.2, 0.25) is 5.91 Å². The van der Waals surface area contributed by atoms with Crippen LogP contribution in [0.3, 0.4) is 0 Å². The van der Waals surface area contributed by atoms with E-state index in [1.54, 1.807) is 4.90 Å². The summed E-state index contributed by atoms with van der Waals surface area (Å²) in [6, 6.07) is 0. The third-order valence-corrected chi connectivity index (χ3v) is 1.86. The minimum atomic E-state index is 0.0720. The lowest BCUT2D eigenvalue weighted by Crippen LogP contribution is -2.23. The van der Waals surface area contributed by atoms with Crippen LogP contribution in [-0.4, -0.2) is 29.1 Å². The number of carbonyl (C=O) groups is 1. The van der Waals surface area contributed by atoms with Gasteiger partial charge in [-0.15, -0.1) is 0 Å². The standard InChI is InChI=1S/C8H13NO2/c1-7(4-6-10)9-5-2-3-8(9)11/h10H,1-6H2. The van der Waals surface area contributed by atoms with Gasteiger partial charge in [-0.2, -0.15) is 0 Å². The molecule has 1 aliphatic heterocycles. The Hall–Kier alpha value is -0.830. The highest BCUT2D eigenvalue weighted by Gasteiger charge is 2.21. The van der Waals surface area contributed by atoms with Crippen molar-refractivity contribution in [3.63, 3.8) is 0 Å². The van der Waals surface area contributed by atoms with Gasteiger partial charge in [-0.05, 0) is 6.42 Å². The Morgan fingerprint density at radius 1 is 1.73 bits per heavy atom. The van der Waals surface area contributed by atoms with Crippen LogP contribution in [0.1, 0.15) is 19.3 Å². The molecule has 0 aliphatic carbocycles. The number of amides is 1. The molecule has 0 saturated carbocycles. The first-order valence-corrected chi connectivity index (χ1v) is 3.84. The van der Waals surface area contributed by atoms with Gasteiger partial charge in [0, 0.05) is 31.7 Å². The van der Waals surface area contributed by atoms with Crippen molar-refractivity contribution < 1.29 is 9.90 Å². The van der Waals surface area contributed by atoms with Crippen LogP contribution in [0.4, 0.5) is 0 Å². The lowest BCUT2D eigenvalue weighted by Gasteiger charge is -2.17. The van der Waals surface area contributed by atoms with E-state index in [4.69, 9.17) is 5.11 Å². The Morgan fingerprint density at radius 2 is 2.45 bits per heavy atom. The SMILES string of the molecule is C=C(CCO)N1CCCC1=O. The monoisotopic (exact) mass is 155 g/mol. The molecule has 1 rings (SSSR count). The van der Waals surface area contributed by atoms with Gasteiger partial charge in [0.15, 0.2) is 0 Å². The molecular weight excluding hydrogens is 142 g/mol. The zero-order valence-corrected chi connectivity index (χ0v) is 6.55. The van der Waals surface area contributed by atoms with Crippen molar-refractivity contribution in [3.8, 4) is 0 Å². The van der Waals surface area contributed by atoms with E-state index < -0.39 is 0 Å². The van der Waals surface area contributed by atoms with E-state index in [0.29, 0.717) is 12.8 Å². The molecule has 1 N–H and O–H groups in total. The number of hydrogen-bond acceptors (Lipinski definition) is 2. The molecule has 1 heterocycles. The first kappa shape index (κ1) is 8.27. The topological polar surface area (TPSA) is 40.5 Å². The van der Waals surface area contributed by atoms with E-state index in [2.05, 4.69) is 6.58 Å². The molecule has 0 atom stereocenters. The van der Waals surface area contributed by atoms with Crippen LogP contribution in [0, 0.1) is 0 Å². The summed E-state index contributed by atoms with van der Waals surface area (Å²) < 4.78 is 0. The number of carbonyl (C=O) groups excluding carboxylic acids is 1. The van der Waals surface area contributed by atoms with Gasteiger partial charge in [0.25, 0.3) is 0 Å². The molecule has 0 bridgehead atoms. The van der Waals surface area contributed by atoms with Crippen LogP contribution in [0.5, 0.6) is 0 Å². The maximum atomic E-state index is 11.1. The van der Waals surface area contributed by atoms with Crippen molar-refractivity contribution in [2.75, 3.05) is 13.2 Å². The number of rotatable bonds is 3. The third kappa shape index (κ3) is 1.80. The first-order valence-electron chi connectivity index (χ1n) is 3.84. The minimum Gasteiger partial charge on any atom is -0.396 e. The van der Waals surface area contributed by atoms with E-state index in [9.17, 15) is 4.79 Å². The van der Waals surface area contributed by atoms with Crippen LogP contribution < -0.4 is 0 Å².